The van der Waals surface area contributed by atoms with Gasteiger partial charge in [-0.05, 0) is 37.9 Å². The molecule has 1 atom stereocenters. The highest BCUT2D eigenvalue weighted by Crippen LogP contribution is 2.24. The topological polar surface area (TPSA) is 3.24 Å². The molecule has 1 aromatic heterocycles. The zero-order chi connectivity index (χ0) is 12.3. The average Bonchev–Trinajstić information content (AvgIpc) is 2.84. The number of hydrogen-bond acceptors (Lipinski definition) is 2. The first-order valence-electron chi connectivity index (χ1n) is 5.96. The summed E-state index contributed by atoms with van der Waals surface area (Å²) in [6.45, 7) is 5.39. The van der Waals surface area contributed by atoms with Crippen LogP contribution in [0.25, 0.3) is 0 Å². The van der Waals surface area contributed by atoms with E-state index in [0.717, 1.165) is 6.54 Å². The van der Waals surface area contributed by atoms with Crippen LogP contribution in [0.15, 0.2) is 41.8 Å². The molecular formula is C15H19NS. The molecule has 1 nitrogen and oxygen atoms in total. The van der Waals surface area contributed by atoms with Crippen LogP contribution in [0, 0.1) is 6.92 Å². The van der Waals surface area contributed by atoms with Crippen LogP contribution in [0.2, 0.25) is 0 Å². The van der Waals surface area contributed by atoms with E-state index in [1.165, 1.54) is 16.0 Å². The van der Waals surface area contributed by atoms with E-state index in [9.17, 15) is 0 Å². The fraction of sp³-hybridized carbons (Fsp3) is 0.333. The summed E-state index contributed by atoms with van der Waals surface area (Å²) in [5.41, 5.74) is 2.70. The molecule has 2 aromatic rings. The van der Waals surface area contributed by atoms with Crippen molar-refractivity contribution in [3.8, 4) is 0 Å². The molecule has 17 heavy (non-hydrogen) atoms. The first-order valence-corrected chi connectivity index (χ1v) is 6.84. The highest BCUT2D eigenvalue weighted by molar-refractivity contribution is 7.10. The predicted octanol–water partition coefficient (Wildman–Crippen LogP) is 4.25. The van der Waals surface area contributed by atoms with Gasteiger partial charge in [0.25, 0.3) is 0 Å². The van der Waals surface area contributed by atoms with Crippen LogP contribution in [-0.4, -0.2) is 11.9 Å². The van der Waals surface area contributed by atoms with Crippen LogP contribution >= 0.6 is 11.3 Å². The summed E-state index contributed by atoms with van der Waals surface area (Å²) in [5.74, 6) is 0. The van der Waals surface area contributed by atoms with Crippen LogP contribution in [0.4, 0.5) is 0 Å². The molecule has 1 aromatic carbocycles. The Kier molecular flexibility index (Phi) is 3.97. The lowest BCUT2D eigenvalue weighted by Gasteiger charge is -2.23. The third kappa shape index (κ3) is 3.18. The molecule has 0 aliphatic rings. The van der Waals surface area contributed by atoms with Crippen LogP contribution in [0.5, 0.6) is 0 Å². The van der Waals surface area contributed by atoms with E-state index in [-0.39, 0.29) is 0 Å². The lowest BCUT2D eigenvalue weighted by molar-refractivity contribution is 0.256. The van der Waals surface area contributed by atoms with Gasteiger partial charge in [0, 0.05) is 17.5 Å². The summed E-state index contributed by atoms with van der Waals surface area (Å²) in [6, 6.07) is 13.6. The normalized spacial score (nSPS) is 12.9. The van der Waals surface area contributed by atoms with Crippen molar-refractivity contribution in [1.82, 2.24) is 4.90 Å². The van der Waals surface area contributed by atoms with Crippen molar-refractivity contribution in [3.05, 3.63) is 57.8 Å². The van der Waals surface area contributed by atoms with E-state index in [4.69, 9.17) is 0 Å². The molecule has 90 valence electrons. The molecule has 0 N–H and O–H groups in total. The Hall–Kier alpha value is -1.12. The molecular weight excluding hydrogens is 226 g/mol. The van der Waals surface area contributed by atoms with Crippen LogP contribution in [-0.2, 0) is 6.54 Å². The number of hydrogen-bond donors (Lipinski definition) is 0. The molecule has 0 aliphatic carbocycles. The van der Waals surface area contributed by atoms with E-state index in [0.29, 0.717) is 6.04 Å². The average molecular weight is 245 g/mol. The summed E-state index contributed by atoms with van der Waals surface area (Å²) >= 11 is 1.83. The Labute approximate surface area is 108 Å². The van der Waals surface area contributed by atoms with Crippen molar-refractivity contribution >= 4 is 11.3 Å². The molecule has 1 heterocycles. The lowest BCUT2D eigenvalue weighted by Crippen LogP contribution is -2.21. The monoisotopic (exact) mass is 245 g/mol. The van der Waals surface area contributed by atoms with E-state index < -0.39 is 0 Å². The molecule has 0 aliphatic heterocycles. The maximum Gasteiger partial charge on any atom is 0.0413 e. The van der Waals surface area contributed by atoms with Crippen LogP contribution < -0.4 is 0 Å². The van der Waals surface area contributed by atoms with Crippen molar-refractivity contribution in [2.75, 3.05) is 7.05 Å². The van der Waals surface area contributed by atoms with Gasteiger partial charge in [0.05, 0.1) is 0 Å². The number of rotatable bonds is 4. The Morgan fingerprint density at radius 2 is 1.88 bits per heavy atom. The molecule has 1 unspecified atom stereocenters. The molecule has 2 rings (SSSR count). The minimum atomic E-state index is 0.483. The standard InChI is InChI=1S/C15H19NS/c1-12-6-8-14(9-7-12)11-16(3)13(2)15-5-4-10-17-15/h4-10,13H,11H2,1-3H3. The van der Waals surface area contributed by atoms with Gasteiger partial charge in [-0.1, -0.05) is 35.9 Å². The first kappa shape index (κ1) is 12.3. The number of nitrogens with zero attached hydrogens (tertiary/aromatic N) is 1. The second-order valence-corrected chi connectivity index (χ2v) is 5.57. The fourth-order valence-electron chi connectivity index (χ4n) is 1.86. The van der Waals surface area contributed by atoms with Crippen molar-refractivity contribution < 1.29 is 0 Å². The number of thiophene rings is 1. The molecule has 2 heteroatoms. The minimum absolute atomic E-state index is 0.483. The predicted molar refractivity (Wildman–Crippen MR) is 75.4 cm³/mol. The smallest absolute Gasteiger partial charge is 0.0413 e. The van der Waals surface area contributed by atoms with E-state index in [1.807, 2.05) is 11.3 Å². The second kappa shape index (κ2) is 5.48. The zero-order valence-corrected chi connectivity index (χ0v) is 11.5. The van der Waals surface area contributed by atoms with Gasteiger partial charge in [-0.25, -0.2) is 0 Å². The molecule has 0 fully saturated rings. The summed E-state index contributed by atoms with van der Waals surface area (Å²) in [4.78, 5) is 3.82. The quantitative estimate of drug-likeness (QED) is 0.778. The summed E-state index contributed by atoms with van der Waals surface area (Å²) < 4.78 is 0. The Morgan fingerprint density at radius 3 is 2.47 bits per heavy atom. The summed E-state index contributed by atoms with van der Waals surface area (Å²) in [6.07, 6.45) is 0. The van der Waals surface area contributed by atoms with E-state index in [1.54, 1.807) is 0 Å². The largest absolute Gasteiger partial charge is 0.295 e. The van der Waals surface area contributed by atoms with Crippen molar-refractivity contribution in [1.29, 1.82) is 0 Å². The van der Waals surface area contributed by atoms with Gasteiger partial charge in [0.15, 0.2) is 0 Å². The lowest BCUT2D eigenvalue weighted by atomic mass is 10.1. The van der Waals surface area contributed by atoms with Gasteiger partial charge in [-0.15, -0.1) is 11.3 Å². The first-order chi connectivity index (χ1) is 8.16. The van der Waals surface area contributed by atoms with Gasteiger partial charge >= 0.3 is 0 Å². The van der Waals surface area contributed by atoms with Gasteiger partial charge in [-0.3, -0.25) is 4.90 Å². The maximum atomic E-state index is 2.39. The maximum absolute atomic E-state index is 2.39. The van der Waals surface area contributed by atoms with Crippen molar-refractivity contribution in [2.45, 2.75) is 26.4 Å². The van der Waals surface area contributed by atoms with Gasteiger partial charge < -0.3 is 0 Å². The minimum Gasteiger partial charge on any atom is -0.295 e. The SMILES string of the molecule is Cc1ccc(CN(C)C(C)c2cccs2)cc1. The Bertz CT molecular complexity index is 444. The summed E-state index contributed by atoms with van der Waals surface area (Å²) in [7, 11) is 2.18. The van der Waals surface area contributed by atoms with E-state index >= 15 is 0 Å². The number of aryl methyl sites for hydroxylation is 1. The van der Waals surface area contributed by atoms with Gasteiger partial charge in [0.2, 0.25) is 0 Å². The third-order valence-corrected chi connectivity index (χ3v) is 4.21. The highest BCUT2D eigenvalue weighted by atomic mass is 32.1. The third-order valence-electron chi connectivity index (χ3n) is 3.17. The molecule has 0 amide bonds. The van der Waals surface area contributed by atoms with Gasteiger partial charge in [0.1, 0.15) is 0 Å². The zero-order valence-electron chi connectivity index (χ0n) is 10.7. The Balaban J connectivity index is 2.01. The number of benzene rings is 1. The van der Waals surface area contributed by atoms with Crippen molar-refractivity contribution in [2.24, 2.45) is 0 Å². The van der Waals surface area contributed by atoms with Gasteiger partial charge in [-0.2, -0.15) is 0 Å². The van der Waals surface area contributed by atoms with E-state index in [2.05, 4.69) is 67.6 Å². The Morgan fingerprint density at radius 1 is 1.18 bits per heavy atom. The molecule has 0 spiro atoms. The van der Waals surface area contributed by atoms with Crippen LogP contribution in [0.1, 0.15) is 29.0 Å². The molecule has 0 saturated heterocycles. The molecule has 0 saturated carbocycles. The van der Waals surface area contributed by atoms with Crippen molar-refractivity contribution in [3.63, 3.8) is 0 Å². The summed E-state index contributed by atoms with van der Waals surface area (Å²) in [5, 5.41) is 2.14. The second-order valence-electron chi connectivity index (χ2n) is 4.59. The fourth-order valence-corrected chi connectivity index (χ4v) is 2.71. The highest BCUT2D eigenvalue weighted by Gasteiger charge is 2.12. The molecule has 0 bridgehead atoms. The van der Waals surface area contributed by atoms with Crippen LogP contribution in [0.3, 0.4) is 0 Å². The molecule has 0 radical (unpaired) electrons.